The third kappa shape index (κ3) is 4.11. The summed E-state index contributed by atoms with van der Waals surface area (Å²) in [4.78, 5) is 0. The second-order valence-corrected chi connectivity index (χ2v) is 7.39. The lowest BCUT2D eigenvalue weighted by Crippen LogP contribution is -2.26. The predicted molar refractivity (Wildman–Crippen MR) is 84.7 cm³/mol. The molecule has 0 spiro atoms. The normalized spacial score (nSPS) is 39.2. The third-order valence-corrected chi connectivity index (χ3v) is 6.61. The second kappa shape index (κ2) is 7.35. The molecule has 0 unspecified atom stereocenters. The molecule has 2 aliphatic rings. The Bertz CT molecular complexity index is 198. The van der Waals surface area contributed by atoms with Crippen LogP contribution in [0.1, 0.15) is 71.1 Å². The highest BCUT2D eigenvalue weighted by molar-refractivity contribution is 14.1. The van der Waals surface area contributed by atoms with Crippen molar-refractivity contribution in [3.8, 4) is 0 Å². The molecule has 1 heteroatoms. The molecule has 0 atom stereocenters. The van der Waals surface area contributed by atoms with Crippen molar-refractivity contribution >= 4 is 22.6 Å². The molecule has 0 aromatic heterocycles. The standard InChI is InChI=1S/C16H29I/c1-2-3-13-4-8-15(9-5-13)16-10-6-14(12-17)7-11-16/h13-16H,2-12H2,1H3/t13-,14?,15-,16?. The van der Waals surface area contributed by atoms with Gasteiger partial charge in [0.2, 0.25) is 0 Å². The molecule has 0 nitrogen and oxygen atoms in total. The van der Waals surface area contributed by atoms with Gasteiger partial charge < -0.3 is 0 Å². The fraction of sp³-hybridized carbons (Fsp3) is 1.00. The minimum atomic E-state index is 1.06. The van der Waals surface area contributed by atoms with Crippen LogP contribution in [-0.2, 0) is 0 Å². The van der Waals surface area contributed by atoms with Crippen molar-refractivity contribution < 1.29 is 0 Å². The molecule has 0 N–H and O–H groups in total. The zero-order valence-electron chi connectivity index (χ0n) is 11.5. The Hall–Kier alpha value is 0.730. The average Bonchev–Trinajstić information content (AvgIpc) is 2.40. The molecule has 0 aromatic carbocycles. The molecule has 0 radical (unpaired) electrons. The maximum Gasteiger partial charge on any atom is 0.00237 e. The van der Waals surface area contributed by atoms with Crippen molar-refractivity contribution in [2.24, 2.45) is 23.7 Å². The Balaban J connectivity index is 1.70. The topological polar surface area (TPSA) is 0 Å². The molecule has 0 heterocycles. The van der Waals surface area contributed by atoms with Gasteiger partial charge in [-0.25, -0.2) is 0 Å². The van der Waals surface area contributed by atoms with E-state index in [4.69, 9.17) is 0 Å². The van der Waals surface area contributed by atoms with Crippen LogP contribution < -0.4 is 0 Å². The molecule has 2 rings (SSSR count). The smallest absolute Gasteiger partial charge is 0.00237 e. The summed E-state index contributed by atoms with van der Waals surface area (Å²) in [6, 6.07) is 0. The molecule has 0 aliphatic heterocycles. The number of alkyl halides is 1. The molecule has 0 bridgehead atoms. The van der Waals surface area contributed by atoms with Crippen molar-refractivity contribution in [3.05, 3.63) is 0 Å². The molecular formula is C16H29I. The van der Waals surface area contributed by atoms with E-state index in [0.29, 0.717) is 0 Å². The largest absolute Gasteiger partial charge is 0.0861 e. The maximum atomic E-state index is 2.58. The van der Waals surface area contributed by atoms with Crippen LogP contribution in [0.25, 0.3) is 0 Å². The van der Waals surface area contributed by atoms with Gasteiger partial charge in [0.1, 0.15) is 0 Å². The van der Waals surface area contributed by atoms with Gasteiger partial charge >= 0.3 is 0 Å². The van der Waals surface area contributed by atoms with Gasteiger partial charge in [0.05, 0.1) is 0 Å². The molecule has 0 amide bonds. The van der Waals surface area contributed by atoms with E-state index in [0.717, 1.165) is 23.7 Å². The summed E-state index contributed by atoms with van der Waals surface area (Å²) in [5.41, 5.74) is 0. The van der Waals surface area contributed by atoms with Crippen LogP contribution in [0.15, 0.2) is 0 Å². The van der Waals surface area contributed by atoms with E-state index in [1.165, 1.54) is 30.1 Å². The van der Waals surface area contributed by atoms with Crippen LogP contribution in [0, 0.1) is 23.7 Å². The molecule has 100 valence electrons. The van der Waals surface area contributed by atoms with Gasteiger partial charge in [-0.15, -0.1) is 0 Å². The number of hydrogen-bond acceptors (Lipinski definition) is 0. The van der Waals surface area contributed by atoms with Crippen molar-refractivity contribution in [1.82, 2.24) is 0 Å². The zero-order valence-corrected chi connectivity index (χ0v) is 13.6. The first-order chi connectivity index (χ1) is 8.33. The van der Waals surface area contributed by atoms with Gasteiger partial charge in [-0.2, -0.15) is 0 Å². The van der Waals surface area contributed by atoms with Crippen LogP contribution in [0.3, 0.4) is 0 Å². The highest BCUT2D eigenvalue weighted by Crippen LogP contribution is 2.42. The van der Waals surface area contributed by atoms with E-state index >= 15 is 0 Å². The predicted octanol–water partition coefficient (Wildman–Crippen LogP) is 5.83. The van der Waals surface area contributed by atoms with E-state index in [2.05, 4.69) is 29.5 Å². The number of rotatable bonds is 4. The first kappa shape index (κ1) is 14.1. The Morgan fingerprint density at radius 1 is 0.765 bits per heavy atom. The summed E-state index contributed by atoms with van der Waals surface area (Å²) >= 11 is 2.58. The second-order valence-electron chi connectivity index (χ2n) is 6.50. The molecule has 0 saturated heterocycles. The summed E-state index contributed by atoms with van der Waals surface area (Å²) < 4.78 is 1.40. The monoisotopic (exact) mass is 348 g/mol. The van der Waals surface area contributed by atoms with Crippen molar-refractivity contribution in [2.75, 3.05) is 4.43 Å². The minimum Gasteiger partial charge on any atom is -0.0861 e. The third-order valence-electron chi connectivity index (χ3n) is 5.36. The van der Waals surface area contributed by atoms with Crippen LogP contribution in [0.4, 0.5) is 0 Å². The first-order valence-corrected chi connectivity index (χ1v) is 9.42. The van der Waals surface area contributed by atoms with E-state index in [1.54, 1.807) is 38.5 Å². The van der Waals surface area contributed by atoms with Gasteiger partial charge in [0.25, 0.3) is 0 Å². The quantitative estimate of drug-likeness (QED) is 0.443. The molecule has 0 aromatic rings. The van der Waals surface area contributed by atoms with Crippen molar-refractivity contribution in [3.63, 3.8) is 0 Å². The Kier molecular flexibility index (Phi) is 6.12. The number of halogens is 1. The highest BCUT2D eigenvalue weighted by Gasteiger charge is 2.30. The van der Waals surface area contributed by atoms with Crippen molar-refractivity contribution in [2.45, 2.75) is 71.1 Å². The Labute approximate surface area is 121 Å². The molecule has 2 saturated carbocycles. The van der Waals surface area contributed by atoms with E-state index in [-0.39, 0.29) is 0 Å². The minimum absolute atomic E-state index is 1.06. The maximum absolute atomic E-state index is 2.58. The lowest BCUT2D eigenvalue weighted by Gasteiger charge is -2.37. The lowest BCUT2D eigenvalue weighted by molar-refractivity contribution is 0.149. The van der Waals surface area contributed by atoms with E-state index in [9.17, 15) is 0 Å². The summed E-state index contributed by atoms with van der Waals surface area (Å²) in [5, 5.41) is 0. The molecular weight excluding hydrogens is 319 g/mol. The summed E-state index contributed by atoms with van der Waals surface area (Å²) in [6.45, 7) is 2.34. The summed E-state index contributed by atoms with van der Waals surface area (Å²) in [6.07, 6.45) is 15.3. The Morgan fingerprint density at radius 2 is 1.24 bits per heavy atom. The SMILES string of the molecule is CCC[C@H]1CC[C@H](C2CCC(CI)CC2)CC1. The molecule has 17 heavy (non-hydrogen) atoms. The molecule has 2 fully saturated rings. The average molecular weight is 348 g/mol. The van der Waals surface area contributed by atoms with Gasteiger partial charge in [0, 0.05) is 4.43 Å². The fourth-order valence-electron chi connectivity index (χ4n) is 4.17. The van der Waals surface area contributed by atoms with Crippen molar-refractivity contribution in [1.29, 1.82) is 0 Å². The van der Waals surface area contributed by atoms with Crippen LogP contribution in [0.5, 0.6) is 0 Å². The lowest BCUT2D eigenvalue weighted by atomic mass is 9.69. The summed E-state index contributed by atoms with van der Waals surface area (Å²) in [7, 11) is 0. The Morgan fingerprint density at radius 3 is 1.65 bits per heavy atom. The fourth-order valence-corrected chi connectivity index (χ4v) is 5.05. The number of hydrogen-bond donors (Lipinski definition) is 0. The van der Waals surface area contributed by atoms with Crippen LogP contribution in [0.2, 0.25) is 0 Å². The van der Waals surface area contributed by atoms with E-state index in [1.807, 2.05) is 0 Å². The van der Waals surface area contributed by atoms with Gasteiger partial charge in [-0.3, -0.25) is 0 Å². The first-order valence-electron chi connectivity index (χ1n) is 7.89. The van der Waals surface area contributed by atoms with Gasteiger partial charge in [-0.05, 0) is 62.2 Å². The van der Waals surface area contributed by atoms with E-state index < -0.39 is 0 Å². The van der Waals surface area contributed by atoms with Crippen LogP contribution in [-0.4, -0.2) is 4.43 Å². The van der Waals surface area contributed by atoms with Gasteiger partial charge in [-0.1, -0.05) is 55.2 Å². The molecule has 2 aliphatic carbocycles. The van der Waals surface area contributed by atoms with Gasteiger partial charge in [0.15, 0.2) is 0 Å². The zero-order chi connectivity index (χ0) is 12.1. The highest BCUT2D eigenvalue weighted by atomic mass is 127. The van der Waals surface area contributed by atoms with Crippen LogP contribution >= 0.6 is 22.6 Å². The summed E-state index contributed by atoms with van der Waals surface area (Å²) in [5.74, 6) is 4.36.